The van der Waals surface area contributed by atoms with Gasteiger partial charge in [0, 0.05) is 0 Å². The molecule has 0 aliphatic carbocycles. The van der Waals surface area contributed by atoms with E-state index in [-0.39, 0.29) is 6.54 Å². The molecular formula is C6H14N6O4. The van der Waals surface area contributed by atoms with E-state index in [1.165, 1.54) is 0 Å². The Hall–Kier alpha value is -2.07. The molecule has 0 aliphatic heterocycles. The van der Waals surface area contributed by atoms with Crippen LogP contribution < -0.4 is 23.2 Å². The molecular weight excluding hydrogens is 220 g/mol. The Labute approximate surface area is 90.7 Å². The zero-order valence-corrected chi connectivity index (χ0v) is 8.37. The van der Waals surface area contributed by atoms with Crippen LogP contribution >= 0.6 is 0 Å². The molecule has 0 aliphatic rings. The summed E-state index contributed by atoms with van der Waals surface area (Å²) >= 11 is 0. The first-order valence-corrected chi connectivity index (χ1v) is 4.12. The van der Waals surface area contributed by atoms with Gasteiger partial charge in [0.05, 0.1) is 19.0 Å². The van der Waals surface area contributed by atoms with Crippen molar-refractivity contribution in [2.75, 3.05) is 6.54 Å². The summed E-state index contributed by atoms with van der Waals surface area (Å²) in [6.07, 6.45) is -0.513. The number of hydrogen-bond acceptors (Lipinski definition) is 5. The Bertz CT molecular complexity index is 295. The van der Waals surface area contributed by atoms with E-state index < -0.39 is 30.5 Å². The zero-order valence-electron chi connectivity index (χ0n) is 8.37. The standard InChI is InChI=1S/C6H14N6O4/c7-5(15)11(9)2-3(1-4(13)14)12(10)6(8)16/h3H,1-2,9-10H2,(H2,7,15)(H2,8,16)(H,13,14)/t3-/m1/s1. The quantitative estimate of drug-likeness (QED) is 0.196. The average Bonchev–Trinajstić information content (AvgIpc) is 2.14. The van der Waals surface area contributed by atoms with Gasteiger partial charge in [-0.05, 0) is 0 Å². The maximum Gasteiger partial charge on any atom is 0.329 e. The highest BCUT2D eigenvalue weighted by molar-refractivity contribution is 5.74. The predicted octanol–water partition coefficient (Wildman–Crippen LogP) is -2.66. The van der Waals surface area contributed by atoms with Crippen molar-refractivity contribution in [3.63, 3.8) is 0 Å². The van der Waals surface area contributed by atoms with Crippen molar-refractivity contribution in [3.8, 4) is 0 Å². The van der Waals surface area contributed by atoms with E-state index in [2.05, 4.69) is 0 Å². The number of nitrogens with two attached hydrogens (primary N) is 4. The third kappa shape index (κ3) is 4.43. The summed E-state index contributed by atoms with van der Waals surface area (Å²) in [5, 5.41) is 9.58. The maximum atomic E-state index is 10.7. The number of hydrazine groups is 2. The molecule has 9 N–H and O–H groups in total. The van der Waals surface area contributed by atoms with E-state index in [0.717, 1.165) is 0 Å². The van der Waals surface area contributed by atoms with Crippen molar-refractivity contribution in [1.82, 2.24) is 10.0 Å². The number of rotatable bonds is 5. The molecule has 16 heavy (non-hydrogen) atoms. The molecule has 1 atom stereocenters. The summed E-state index contributed by atoms with van der Waals surface area (Å²) in [5.41, 5.74) is 9.69. The first-order chi connectivity index (χ1) is 7.25. The minimum absolute atomic E-state index is 0.332. The molecule has 0 fully saturated rings. The predicted molar refractivity (Wildman–Crippen MR) is 52.1 cm³/mol. The van der Waals surface area contributed by atoms with Crippen molar-refractivity contribution in [3.05, 3.63) is 0 Å². The summed E-state index contributed by atoms with van der Waals surface area (Å²) < 4.78 is 0. The summed E-state index contributed by atoms with van der Waals surface area (Å²) in [5.74, 6) is 9.16. The van der Waals surface area contributed by atoms with Crippen molar-refractivity contribution in [2.24, 2.45) is 23.2 Å². The second-order valence-corrected chi connectivity index (χ2v) is 2.99. The topological polar surface area (TPSA) is 182 Å². The summed E-state index contributed by atoms with van der Waals surface area (Å²) in [7, 11) is 0. The summed E-state index contributed by atoms with van der Waals surface area (Å²) in [6, 6.07) is -3.06. The Morgan fingerprint density at radius 3 is 1.94 bits per heavy atom. The van der Waals surface area contributed by atoms with Gasteiger partial charge < -0.3 is 16.6 Å². The van der Waals surface area contributed by atoms with Crippen molar-refractivity contribution >= 4 is 18.0 Å². The van der Waals surface area contributed by atoms with Crippen LogP contribution in [0.15, 0.2) is 0 Å². The number of primary amides is 2. The molecule has 0 aromatic rings. The maximum absolute atomic E-state index is 10.7. The van der Waals surface area contributed by atoms with Gasteiger partial charge in [0.15, 0.2) is 0 Å². The monoisotopic (exact) mass is 234 g/mol. The number of hydrogen-bond donors (Lipinski definition) is 5. The van der Waals surface area contributed by atoms with E-state index in [9.17, 15) is 14.4 Å². The molecule has 0 heterocycles. The zero-order chi connectivity index (χ0) is 12.9. The molecule has 0 rings (SSSR count). The summed E-state index contributed by atoms with van der Waals surface area (Å²) in [4.78, 5) is 31.8. The fraction of sp³-hybridized carbons (Fsp3) is 0.500. The lowest BCUT2D eigenvalue weighted by atomic mass is 10.2. The lowest BCUT2D eigenvalue weighted by Crippen LogP contribution is -2.56. The second kappa shape index (κ2) is 5.72. The fourth-order valence-electron chi connectivity index (χ4n) is 0.949. The number of nitrogens with zero attached hydrogens (tertiary/aromatic N) is 2. The SMILES string of the molecule is NC(=O)N(N)C[C@@H](CC(=O)O)N(N)C(N)=O. The van der Waals surface area contributed by atoms with Gasteiger partial charge in [0.25, 0.3) is 0 Å². The smallest absolute Gasteiger partial charge is 0.329 e. The Balaban J connectivity index is 4.60. The number of carbonyl (C=O) groups excluding carboxylic acids is 2. The van der Waals surface area contributed by atoms with Crippen LogP contribution in [0.2, 0.25) is 0 Å². The number of urea groups is 2. The molecule has 0 aromatic heterocycles. The lowest BCUT2D eigenvalue weighted by molar-refractivity contribution is -0.138. The highest BCUT2D eigenvalue weighted by Gasteiger charge is 2.24. The number of aliphatic carboxylic acids is 1. The highest BCUT2D eigenvalue weighted by Crippen LogP contribution is 2.01. The molecule has 0 saturated heterocycles. The van der Waals surface area contributed by atoms with E-state index in [4.69, 9.17) is 28.3 Å². The average molecular weight is 234 g/mol. The number of carboxylic acids is 1. The van der Waals surface area contributed by atoms with Gasteiger partial charge in [-0.15, -0.1) is 0 Å². The van der Waals surface area contributed by atoms with Crippen LogP contribution in [0.4, 0.5) is 9.59 Å². The molecule has 0 spiro atoms. The van der Waals surface area contributed by atoms with Crippen LogP contribution in [-0.2, 0) is 4.79 Å². The van der Waals surface area contributed by atoms with Gasteiger partial charge in [-0.2, -0.15) is 0 Å². The number of carboxylic acid groups (broad SMARTS) is 1. The Morgan fingerprint density at radius 2 is 1.62 bits per heavy atom. The van der Waals surface area contributed by atoms with Gasteiger partial charge in [-0.3, -0.25) is 14.8 Å². The minimum Gasteiger partial charge on any atom is -0.481 e. The largest absolute Gasteiger partial charge is 0.481 e. The van der Waals surface area contributed by atoms with Gasteiger partial charge in [0.2, 0.25) is 0 Å². The minimum atomic E-state index is -1.22. The Kier molecular flexibility index (Phi) is 4.98. The third-order valence-electron chi connectivity index (χ3n) is 1.75. The van der Waals surface area contributed by atoms with Crippen LogP contribution in [0.1, 0.15) is 6.42 Å². The first kappa shape index (κ1) is 13.9. The van der Waals surface area contributed by atoms with Crippen LogP contribution in [0.3, 0.4) is 0 Å². The molecule has 92 valence electrons. The van der Waals surface area contributed by atoms with Crippen LogP contribution in [0, 0.1) is 0 Å². The van der Waals surface area contributed by atoms with Crippen LogP contribution in [0.25, 0.3) is 0 Å². The molecule has 0 saturated carbocycles. The van der Waals surface area contributed by atoms with Gasteiger partial charge in [0.1, 0.15) is 0 Å². The van der Waals surface area contributed by atoms with E-state index in [1.807, 2.05) is 0 Å². The van der Waals surface area contributed by atoms with Gasteiger partial charge >= 0.3 is 18.0 Å². The van der Waals surface area contributed by atoms with Crippen molar-refractivity contribution < 1.29 is 19.5 Å². The van der Waals surface area contributed by atoms with Crippen LogP contribution in [0.5, 0.6) is 0 Å². The second-order valence-electron chi connectivity index (χ2n) is 2.99. The highest BCUT2D eigenvalue weighted by atomic mass is 16.4. The third-order valence-corrected chi connectivity index (χ3v) is 1.75. The van der Waals surface area contributed by atoms with E-state index >= 15 is 0 Å². The Morgan fingerprint density at radius 1 is 1.12 bits per heavy atom. The molecule has 0 aromatic carbocycles. The van der Waals surface area contributed by atoms with Crippen LogP contribution in [-0.4, -0.2) is 45.7 Å². The van der Waals surface area contributed by atoms with Crippen molar-refractivity contribution in [2.45, 2.75) is 12.5 Å². The fourth-order valence-corrected chi connectivity index (χ4v) is 0.949. The molecule has 0 unspecified atom stereocenters. The molecule has 10 nitrogen and oxygen atoms in total. The van der Waals surface area contributed by atoms with Gasteiger partial charge in [-0.1, -0.05) is 0 Å². The molecule has 4 amide bonds. The summed E-state index contributed by atoms with van der Waals surface area (Å²) in [6.45, 7) is -0.332. The van der Waals surface area contributed by atoms with Crippen molar-refractivity contribution in [1.29, 1.82) is 0 Å². The van der Waals surface area contributed by atoms with E-state index in [0.29, 0.717) is 10.0 Å². The lowest BCUT2D eigenvalue weighted by Gasteiger charge is -2.27. The number of carbonyl (C=O) groups is 3. The van der Waals surface area contributed by atoms with E-state index in [1.54, 1.807) is 0 Å². The molecule has 0 bridgehead atoms. The first-order valence-electron chi connectivity index (χ1n) is 4.12. The normalized spacial score (nSPS) is 11.6. The molecule has 0 radical (unpaired) electrons. The van der Waals surface area contributed by atoms with Gasteiger partial charge in [-0.25, -0.2) is 21.3 Å². The number of amides is 4. The molecule has 10 heteroatoms.